The van der Waals surface area contributed by atoms with E-state index in [1.54, 1.807) is 12.3 Å². The van der Waals surface area contributed by atoms with Gasteiger partial charge in [-0.3, -0.25) is 15.1 Å². The highest BCUT2D eigenvalue weighted by Gasteiger charge is 2.10. The van der Waals surface area contributed by atoms with Gasteiger partial charge >= 0.3 is 0 Å². The highest BCUT2D eigenvalue weighted by molar-refractivity contribution is 9.10. The van der Waals surface area contributed by atoms with Crippen LogP contribution in [-0.4, -0.2) is 9.91 Å². The number of hydrogen-bond acceptors (Lipinski definition) is 4. The maximum absolute atomic E-state index is 10.7. The Labute approximate surface area is 125 Å². The SMILES string of the molecule is C[C@H](NCc1ccc([N+](=O)[O-])cc1Br)c1ccccn1. The lowest BCUT2D eigenvalue weighted by Gasteiger charge is -2.13. The van der Waals surface area contributed by atoms with E-state index in [0.717, 1.165) is 15.7 Å². The van der Waals surface area contributed by atoms with Crippen molar-refractivity contribution in [1.29, 1.82) is 0 Å². The molecular formula is C14H14BrN3O2. The van der Waals surface area contributed by atoms with E-state index in [4.69, 9.17) is 0 Å². The minimum atomic E-state index is -0.404. The van der Waals surface area contributed by atoms with Gasteiger partial charge in [-0.2, -0.15) is 0 Å². The van der Waals surface area contributed by atoms with Crippen LogP contribution in [0.2, 0.25) is 0 Å². The molecule has 0 radical (unpaired) electrons. The smallest absolute Gasteiger partial charge is 0.270 e. The number of nitrogens with zero attached hydrogens (tertiary/aromatic N) is 2. The van der Waals surface area contributed by atoms with E-state index in [1.165, 1.54) is 12.1 Å². The number of nitrogens with one attached hydrogen (secondary N) is 1. The molecule has 0 aliphatic rings. The molecule has 1 N–H and O–H groups in total. The summed E-state index contributed by atoms with van der Waals surface area (Å²) in [7, 11) is 0. The molecule has 0 aliphatic carbocycles. The first-order chi connectivity index (χ1) is 9.58. The maximum atomic E-state index is 10.7. The third kappa shape index (κ3) is 3.61. The van der Waals surface area contributed by atoms with Gasteiger partial charge in [-0.25, -0.2) is 0 Å². The fraction of sp³-hybridized carbons (Fsp3) is 0.214. The topological polar surface area (TPSA) is 68.1 Å². The molecule has 0 amide bonds. The lowest BCUT2D eigenvalue weighted by atomic mass is 10.1. The summed E-state index contributed by atoms with van der Waals surface area (Å²) >= 11 is 3.36. The van der Waals surface area contributed by atoms with Crippen LogP contribution in [0.25, 0.3) is 0 Å². The van der Waals surface area contributed by atoms with Crippen molar-refractivity contribution in [2.24, 2.45) is 0 Å². The number of pyridine rings is 1. The molecule has 1 aromatic heterocycles. The van der Waals surface area contributed by atoms with Gasteiger partial charge in [0.1, 0.15) is 0 Å². The van der Waals surface area contributed by atoms with E-state index in [9.17, 15) is 10.1 Å². The normalized spacial score (nSPS) is 12.1. The molecule has 5 nitrogen and oxygen atoms in total. The Balaban J connectivity index is 2.02. The molecule has 1 aromatic carbocycles. The molecule has 0 saturated carbocycles. The van der Waals surface area contributed by atoms with Crippen molar-refractivity contribution >= 4 is 21.6 Å². The number of hydrogen-bond donors (Lipinski definition) is 1. The van der Waals surface area contributed by atoms with E-state index in [0.29, 0.717) is 6.54 Å². The summed E-state index contributed by atoms with van der Waals surface area (Å²) in [4.78, 5) is 14.6. The van der Waals surface area contributed by atoms with Crippen molar-refractivity contribution in [1.82, 2.24) is 10.3 Å². The predicted octanol–water partition coefficient (Wildman–Crippen LogP) is 3.60. The van der Waals surface area contributed by atoms with Crippen molar-refractivity contribution < 1.29 is 4.92 Å². The Kier molecular flexibility index (Phi) is 4.81. The third-order valence-corrected chi connectivity index (χ3v) is 3.72. The highest BCUT2D eigenvalue weighted by atomic mass is 79.9. The molecule has 2 aromatic rings. The third-order valence-electron chi connectivity index (χ3n) is 2.98. The van der Waals surface area contributed by atoms with Gasteiger partial charge in [0.2, 0.25) is 0 Å². The van der Waals surface area contributed by atoms with Gasteiger partial charge in [0.25, 0.3) is 5.69 Å². The van der Waals surface area contributed by atoms with Crippen molar-refractivity contribution in [3.05, 3.63) is 68.4 Å². The van der Waals surface area contributed by atoms with Crippen LogP contribution < -0.4 is 5.32 Å². The summed E-state index contributed by atoms with van der Waals surface area (Å²) in [5.41, 5.74) is 2.02. The van der Waals surface area contributed by atoms with Gasteiger partial charge in [-0.05, 0) is 30.7 Å². The number of nitro benzene ring substituents is 1. The average molecular weight is 336 g/mol. The molecular weight excluding hydrogens is 322 g/mol. The largest absolute Gasteiger partial charge is 0.305 e. The molecule has 0 bridgehead atoms. The Morgan fingerprint density at radius 3 is 2.80 bits per heavy atom. The van der Waals surface area contributed by atoms with Crippen LogP contribution in [0, 0.1) is 10.1 Å². The molecule has 0 spiro atoms. The van der Waals surface area contributed by atoms with Crippen molar-refractivity contribution in [3.63, 3.8) is 0 Å². The molecule has 0 aliphatic heterocycles. The van der Waals surface area contributed by atoms with Gasteiger partial charge in [-0.15, -0.1) is 0 Å². The number of aromatic nitrogens is 1. The van der Waals surface area contributed by atoms with E-state index >= 15 is 0 Å². The van der Waals surface area contributed by atoms with Crippen LogP contribution in [0.5, 0.6) is 0 Å². The van der Waals surface area contributed by atoms with Crippen molar-refractivity contribution in [3.8, 4) is 0 Å². The first-order valence-corrected chi connectivity index (χ1v) is 6.94. The molecule has 0 saturated heterocycles. The van der Waals surface area contributed by atoms with E-state index in [2.05, 4.69) is 26.2 Å². The minimum Gasteiger partial charge on any atom is -0.305 e. The summed E-state index contributed by atoms with van der Waals surface area (Å²) < 4.78 is 0.729. The summed E-state index contributed by atoms with van der Waals surface area (Å²) in [5, 5.41) is 14.0. The second-order valence-electron chi connectivity index (χ2n) is 4.39. The zero-order chi connectivity index (χ0) is 14.5. The van der Waals surface area contributed by atoms with Crippen molar-refractivity contribution in [2.45, 2.75) is 19.5 Å². The van der Waals surface area contributed by atoms with Gasteiger partial charge in [-0.1, -0.05) is 22.0 Å². The average Bonchev–Trinajstić information content (AvgIpc) is 2.46. The van der Waals surface area contributed by atoms with Gasteiger partial charge in [0, 0.05) is 35.4 Å². The number of non-ortho nitro benzene ring substituents is 1. The number of nitro groups is 1. The molecule has 20 heavy (non-hydrogen) atoms. The van der Waals surface area contributed by atoms with Gasteiger partial charge in [0.15, 0.2) is 0 Å². The highest BCUT2D eigenvalue weighted by Crippen LogP contribution is 2.23. The quantitative estimate of drug-likeness (QED) is 0.669. The Morgan fingerprint density at radius 2 is 2.20 bits per heavy atom. The lowest BCUT2D eigenvalue weighted by Crippen LogP contribution is -2.19. The van der Waals surface area contributed by atoms with Crippen molar-refractivity contribution in [2.75, 3.05) is 0 Å². The zero-order valence-electron chi connectivity index (χ0n) is 10.9. The number of rotatable bonds is 5. The monoisotopic (exact) mass is 335 g/mol. The van der Waals surface area contributed by atoms with Crippen LogP contribution in [0.15, 0.2) is 47.1 Å². The molecule has 6 heteroatoms. The summed E-state index contributed by atoms with van der Waals surface area (Å²) in [6, 6.07) is 10.7. The standard InChI is InChI=1S/C14H14BrN3O2/c1-10(14-4-2-3-7-16-14)17-9-11-5-6-12(18(19)20)8-13(11)15/h2-8,10,17H,9H2,1H3/t10-/m0/s1. The fourth-order valence-electron chi connectivity index (χ4n) is 1.79. The maximum Gasteiger partial charge on any atom is 0.270 e. The summed E-state index contributed by atoms with van der Waals surface area (Å²) in [6.45, 7) is 2.64. The van der Waals surface area contributed by atoms with Crippen LogP contribution in [-0.2, 0) is 6.54 Å². The first kappa shape index (κ1) is 14.6. The fourth-order valence-corrected chi connectivity index (χ4v) is 2.30. The zero-order valence-corrected chi connectivity index (χ0v) is 12.5. The first-order valence-electron chi connectivity index (χ1n) is 6.15. The summed E-state index contributed by atoms with van der Waals surface area (Å²) in [6.07, 6.45) is 1.76. The van der Waals surface area contributed by atoms with Crippen LogP contribution in [0.1, 0.15) is 24.2 Å². The Bertz CT molecular complexity index is 605. The van der Waals surface area contributed by atoms with Crippen LogP contribution in [0.3, 0.4) is 0 Å². The molecule has 1 heterocycles. The van der Waals surface area contributed by atoms with E-state index in [1.807, 2.05) is 25.1 Å². The molecule has 0 unspecified atom stereocenters. The lowest BCUT2D eigenvalue weighted by molar-refractivity contribution is -0.384. The van der Waals surface area contributed by atoms with E-state index in [-0.39, 0.29) is 11.7 Å². The second-order valence-corrected chi connectivity index (χ2v) is 5.24. The van der Waals surface area contributed by atoms with Crippen LogP contribution in [0.4, 0.5) is 5.69 Å². The second kappa shape index (κ2) is 6.58. The Morgan fingerprint density at radius 1 is 1.40 bits per heavy atom. The summed E-state index contributed by atoms with van der Waals surface area (Å²) in [5.74, 6) is 0. The number of halogens is 1. The van der Waals surface area contributed by atoms with Gasteiger partial charge < -0.3 is 5.32 Å². The predicted molar refractivity (Wildman–Crippen MR) is 80.3 cm³/mol. The minimum absolute atomic E-state index is 0.0819. The molecule has 2 rings (SSSR count). The molecule has 104 valence electrons. The van der Waals surface area contributed by atoms with Crippen LogP contribution >= 0.6 is 15.9 Å². The number of benzene rings is 1. The Hall–Kier alpha value is -1.79. The molecule has 0 fully saturated rings. The van der Waals surface area contributed by atoms with Gasteiger partial charge in [0.05, 0.1) is 10.6 Å². The molecule has 1 atom stereocenters. The van der Waals surface area contributed by atoms with E-state index < -0.39 is 4.92 Å².